The van der Waals surface area contributed by atoms with Gasteiger partial charge in [0.1, 0.15) is 6.04 Å². The minimum Gasteiger partial charge on any atom is -0.378 e. The molecule has 0 aliphatic heterocycles. The molecule has 0 heterocycles. The lowest BCUT2D eigenvalue weighted by molar-refractivity contribution is -0.129. The van der Waals surface area contributed by atoms with E-state index in [1.54, 1.807) is 13.8 Å². The Kier molecular flexibility index (Phi) is 9.69. The van der Waals surface area contributed by atoms with Crippen LogP contribution < -0.4 is 21.7 Å². The summed E-state index contributed by atoms with van der Waals surface area (Å²) in [5.74, 6) is -0.200. The van der Waals surface area contributed by atoms with E-state index in [0.29, 0.717) is 31.5 Å². The minimum absolute atomic E-state index is 0.0322. The molecule has 0 saturated heterocycles. The second kappa shape index (κ2) is 10.6. The summed E-state index contributed by atoms with van der Waals surface area (Å²) >= 11 is 0. The molecule has 0 unspecified atom stereocenters. The van der Waals surface area contributed by atoms with E-state index in [1.807, 2.05) is 13.8 Å². The molecule has 0 aromatic carbocycles. The summed E-state index contributed by atoms with van der Waals surface area (Å²) in [6, 6.07) is -1.60. The van der Waals surface area contributed by atoms with Crippen LogP contribution in [0.15, 0.2) is 12.3 Å². The van der Waals surface area contributed by atoms with Crippen LogP contribution in [0.3, 0.4) is 0 Å². The first-order valence-electron chi connectivity index (χ1n) is 7.97. The Morgan fingerprint density at radius 1 is 1.17 bits per heavy atom. The van der Waals surface area contributed by atoms with E-state index in [2.05, 4.69) is 22.5 Å². The molecule has 0 aliphatic rings. The molecule has 0 saturated carbocycles. The Hall–Kier alpha value is -2.05. The Bertz CT molecular complexity index is 435. The van der Waals surface area contributed by atoms with Crippen molar-refractivity contribution in [2.45, 2.75) is 59.0 Å². The average molecular weight is 326 g/mol. The molecule has 3 amide bonds. The number of ketones is 1. The molecule has 132 valence electrons. The first kappa shape index (κ1) is 20.9. The maximum atomic E-state index is 12.4. The van der Waals surface area contributed by atoms with Crippen molar-refractivity contribution in [2.75, 3.05) is 6.54 Å². The summed E-state index contributed by atoms with van der Waals surface area (Å²) in [6.07, 6.45) is 1.35. The molecule has 0 aromatic heterocycles. The maximum Gasteiger partial charge on any atom is 0.312 e. The number of hydrogen-bond acceptors (Lipinski definition) is 4. The third-order valence-electron chi connectivity index (χ3n) is 3.37. The van der Waals surface area contributed by atoms with Crippen molar-refractivity contribution < 1.29 is 14.4 Å². The number of nitrogens with one attached hydrogen (secondary N) is 3. The van der Waals surface area contributed by atoms with Crippen LogP contribution in [0.5, 0.6) is 0 Å². The van der Waals surface area contributed by atoms with Crippen LogP contribution in [-0.2, 0) is 9.59 Å². The Morgan fingerprint density at radius 3 is 2.22 bits per heavy atom. The molecular formula is C16H30N4O3. The van der Waals surface area contributed by atoms with Crippen LogP contribution in [-0.4, -0.2) is 36.3 Å². The average Bonchev–Trinajstić information content (AvgIpc) is 2.46. The fourth-order valence-corrected chi connectivity index (χ4v) is 2.14. The lowest BCUT2D eigenvalue weighted by atomic mass is 10.00. The molecule has 0 aliphatic carbocycles. The summed E-state index contributed by atoms with van der Waals surface area (Å²) in [4.78, 5) is 35.1. The number of allylic oxidation sites excluding steroid dienone is 1. The predicted molar refractivity (Wildman–Crippen MR) is 90.6 cm³/mol. The smallest absolute Gasteiger partial charge is 0.312 e. The lowest BCUT2D eigenvalue weighted by Gasteiger charge is -2.25. The third-order valence-corrected chi connectivity index (χ3v) is 3.37. The number of urea groups is 1. The topological polar surface area (TPSA) is 113 Å². The molecular weight excluding hydrogens is 296 g/mol. The highest BCUT2D eigenvalue weighted by molar-refractivity contribution is 5.90. The normalized spacial score (nSPS) is 13.1. The van der Waals surface area contributed by atoms with E-state index in [4.69, 9.17) is 5.73 Å². The van der Waals surface area contributed by atoms with Crippen molar-refractivity contribution >= 4 is 17.7 Å². The fraction of sp³-hybridized carbons (Fsp3) is 0.688. The molecule has 0 spiro atoms. The molecule has 7 heteroatoms. The minimum atomic E-state index is -0.599. The summed E-state index contributed by atoms with van der Waals surface area (Å²) in [5, 5.41) is 8.31. The molecule has 0 radical (unpaired) electrons. The van der Waals surface area contributed by atoms with Crippen LogP contribution in [0.2, 0.25) is 0 Å². The highest BCUT2D eigenvalue weighted by Crippen LogP contribution is 2.07. The van der Waals surface area contributed by atoms with Crippen molar-refractivity contribution in [1.29, 1.82) is 0 Å². The van der Waals surface area contributed by atoms with Gasteiger partial charge in [-0.2, -0.15) is 0 Å². The molecule has 23 heavy (non-hydrogen) atoms. The van der Waals surface area contributed by atoms with Crippen LogP contribution in [0, 0.1) is 5.92 Å². The van der Waals surface area contributed by atoms with E-state index in [9.17, 15) is 14.4 Å². The van der Waals surface area contributed by atoms with Gasteiger partial charge in [0.2, 0.25) is 5.91 Å². The van der Waals surface area contributed by atoms with Crippen LogP contribution in [0.25, 0.3) is 0 Å². The van der Waals surface area contributed by atoms with Gasteiger partial charge in [0, 0.05) is 18.7 Å². The van der Waals surface area contributed by atoms with Crippen LogP contribution >= 0.6 is 0 Å². The summed E-state index contributed by atoms with van der Waals surface area (Å²) in [7, 11) is 0. The van der Waals surface area contributed by atoms with Gasteiger partial charge in [0.15, 0.2) is 5.78 Å². The van der Waals surface area contributed by atoms with Crippen molar-refractivity contribution in [3.63, 3.8) is 0 Å². The standard InChI is InChI=1S/C16H30N4O3/c1-6-13(21)12(8-7-9-18-16(17)23)20-15(22)14(10(2)3)19-11(4)5/h10,12,14,19H,4,6-9H2,1-3,5H3,(H,20,22)(H3,17,18,23)/t12-,14-/m0/s1. The Labute approximate surface area is 138 Å². The maximum absolute atomic E-state index is 12.4. The highest BCUT2D eigenvalue weighted by Gasteiger charge is 2.26. The van der Waals surface area contributed by atoms with Crippen molar-refractivity contribution in [2.24, 2.45) is 11.7 Å². The van der Waals surface area contributed by atoms with Crippen LogP contribution in [0.1, 0.15) is 47.0 Å². The number of carbonyl (C=O) groups is 3. The van der Waals surface area contributed by atoms with Gasteiger partial charge >= 0.3 is 6.03 Å². The van der Waals surface area contributed by atoms with Crippen molar-refractivity contribution in [3.05, 3.63) is 12.3 Å². The van der Waals surface area contributed by atoms with E-state index in [-0.39, 0.29) is 17.6 Å². The molecule has 0 bridgehead atoms. The zero-order chi connectivity index (χ0) is 18.0. The molecule has 0 aromatic rings. The van der Waals surface area contributed by atoms with E-state index in [1.165, 1.54) is 0 Å². The monoisotopic (exact) mass is 326 g/mol. The number of rotatable bonds is 11. The van der Waals surface area contributed by atoms with E-state index in [0.717, 1.165) is 0 Å². The van der Waals surface area contributed by atoms with E-state index >= 15 is 0 Å². The SMILES string of the molecule is C=C(C)N[C@H](C(=O)N[C@@H](CCCNC(N)=O)C(=O)CC)C(C)C. The predicted octanol–water partition coefficient (Wildman–Crippen LogP) is 1.05. The van der Waals surface area contributed by atoms with Crippen LogP contribution in [0.4, 0.5) is 4.79 Å². The molecule has 5 N–H and O–H groups in total. The van der Waals surface area contributed by atoms with Gasteiger partial charge in [-0.05, 0) is 25.7 Å². The fourth-order valence-electron chi connectivity index (χ4n) is 2.14. The Balaban J connectivity index is 4.72. The summed E-state index contributed by atoms with van der Waals surface area (Å²) in [5.41, 5.74) is 5.69. The second-order valence-electron chi connectivity index (χ2n) is 5.96. The summed E-state index contributed by atoms with van der Waals surface area (Å²) < 4.78 is 0. The zero-order valence-electron chi connectivity index (χ0n) is 14.6. The van der Waals surface area contributed by atoms with E-state index < -0.39 is 18.1 Å². The first-order chi connectivity index (χ1) is 10.7. The third kappa shape index (κ3) is 8.85. The van der Waals surface area contributed by atoms with Gasteiger partial charge in [-0.25, -0.2) is 4.79 Å². The van der Waals surface area contributed by atoms with Crippen molar-refractivity contribution in [1.82, 2.24) is 16.0 Å². The van der Waals surface area contributed by atoms with Crippen molar-refractivity contribution in [3.8, 4) is 0 Å². The quantitative estimate of drug-likeness (QED) is 0.425. The summed E-state index contributed by atoms with van der Waals surface area (Å²) in [6.45, 7) is 11.5. The van der Waals surface area contributed by atoms with Gasteiger partial charge in [-0.15, -0.1) is 0 Å². The largest absolute Gasteiger partial charge is 0.378 e. The highest BCUT2D eigenvalue weighted by atomic mass is 16.2. The first-order valence-corrected chi connectivity index (χ1v) is 7.97. The number of carbonyl (C=O) groups excluding carboxylic acids is 3. The number of Topliss-reactive ketones (excluding diaryl/α,β-unsaturated/α-hetero) is 1. The number of primary amides is 1. The zero-order valence-corrected chi connectivity index (χ0v) is 14.6. The van der Waals surface area contributed by atoms with Gasteiger partial charge < -0.3 is 21.7 Å². The van der Waals surface area contributed by atoms with Gasteiger partial charge in [-0.3, -0.25) is 9.59 Å². The number of hydrogen-bond donors (Lipinski definition) is 4. The molecule has 0 rings (SSSR count). The molecule has 2 atom stereocenters. The number of nitrogens with two attached hydrogens (primary N) is 1. The molecule has 7 nitrogen and oxygen atoms in total. The van der Waals surface area contributed by atoms with Gasteiger partial charge in [0.05, 0.1) is 6.04 Å². The number of amides is 3. The van der Waals surface area contributed by atoms with Gasteiger partial charge in [-0.1, -0.05) is 27.4 Å². The Morgan fingerprint density at radius 2 is 1.78 bits per heavy atom. The molecule has 0 fully saturated rings. The second-order valence-corrected chi connectivity index (χ2v) is 5.96. The lowest BCUT2D eigenvalue weighted by Crippen LogP contribution is -2.51. The van der Waals surface area contributed by atoms with Gasteiger partial charge in [0.25, 0.3) is 0 Å².